The van der Waals surface area contributed by atoms with Gasteiger partial charge in [0.2, 0.25) is 11.7 Å². The summed E-state index contributed by atoms with van der Waals surface area (Å²) in [6.45, 7) is 0.211. The lowest BCUT2D eigenvalue weighted by atomic mass is 10.1. The molecule has 0 atom stereocenters. The summed E-state index contributed by atoms with van der Waals surface area (Å²) in [5.41, 5.74) is 1.50. The van der Waals surface area contributed by atoms with Gasteiger partial charge in [-0.15, -0.1) is 0 Å². The van der Waals surface area contributed by atoms with Crippen LogP contribution in [0, 0.1) is 0 Å². The predicted octanol–water partition coefficient (Wildman–Crippen LogP) is 2.71. The van der Waals surface area contributed by atoms with Gasteiger partial charge in [-0.05, 0) is 42.8 Å². The average molecular weight is 367 g/mol. The first-order chi connectivity index (χ1) is 13.2. The number of carbonyl (C=O) groups excluding carboxylic acids is 2. The van der Waals surface area contributed by atoms with Gasteiger partial charge in [0.05, 0.1) is 24.8 Å². The molecule has 2 heterocycles. The topological polar surface area (TPSA) is 104 Å². The van der Waals surface area contributed by atoms with Crippen LogP contribution in [0.5, 0.6) is 0 Å². The van der Waals surface area contributed by atoms with Gasteiger partial charge in [-0.3, -0.25) is 4.98 Å². The Balaban J connectivity index is 1.45. The number of nitrogens with zero attached hydrogens (tertiary/aromatic N) is 3. The molecule has 8 nitrogen and oxygen atoms in total. The van der Waals surface area contributed by atoms with Crippen molar-refractivity contribution in [1.29, 1.82) is 0 Å². The molecule has 0 saturated heterocycles. The van der Waals surface area contributed by atoms with Crippen LogP contribution in [0.2, 0.25) is 0 Å². The fourth-order valence-corrected chi connectivity index (χ4v) is 2.30. The van der Waals surface area contributed by atoms with Crippen molar-refractivity contribution in [3.63, 3.8) is 0 Å². The van der Waals surface area contributed by atoms with Crippen molar-refractivity contribution >= 4 is 11.9 Å². The van der Waals surface area contributed by atoms with Crippen molar-refractivity contribution in [2.75, 3.05) is 13.7 Å². The summed E-state index contributed by atoms with van der Waals surface area (Å²) in [5.74, 6) is 0.0150. The van der Waals surface area contributed by atoms with Gasteiger partial charge in [0, 0.05) is 24.4 Å². The normalized spacial score (nSPS) is 10.4. The molecule has 0 aliphatic heterocycles. The van der Waals surface area contributed by atoms with E-state index in [1.165, 1.54) is 31.4 Å². The van der Waals surface area contributed by atoms with Crippen LogP contribution in [0.1, 0.15) is 33.0 Å². The van der Waals surface area contributed by atoms with E-state index in [-0.39, 0.29) is 6.61 Å². The van der Waals surface area contributed by atoms with Gasteiger partial charge in [0.25, 0.3) is 0 Å². The molecule has 0 aliphatic carbocycles. The molecule has 0 bridgehead atoms. The van der Waals surface area contributed by atoms with Gasteiger partial charge < -0.3 is 14.0 Å². The summed E-state index contributed by atoms with van der Waals surface area (Å²) in [4.78, 5) is 31.7. The summed E-state index contributed by atoms with van der Waals surface area (Å²) in [7, 11) is 1.30. The summed E-state index contributed by atoms with van der Waals surface area (Å²) in [6, 6.07) is 9.71. The molecule has 0 amide bonds. The number of aromatic nitrogens is 3. The zero-order valence-corrected chi connectivity index (χ0v) is 14.6. The molecule has 0 unspecified atom stereocenters. The first-order valence-electron chi connectivity index (χ1n) is 8.26. The van der Waals surface area contributed by atoms with Gasteiger partial charge in [-0.25, -0.2) is 9.59 Å². The van der Waals surface area contributed by atoms with Crippen LogP contribution in [0.15, 0.2) is 53.3 Å². The van der Waals surface area contributed by atoms with Gasteiger partial charge in [-0.2, -0.15) is 4.98 Å². The van der Waals surface area contributed by atoms with E-state index in [9.17, 15) is 9.59 Å². The molecule has 2 aromatic heterocycles. The minimum Gasteiger partial charge on any atom is -0.465 e. The summed E-state index contributed by atoms with van der Waals surface area (Å²) >= 11 is 0. The molecule has 0 aliphatic rings. The molecule has 27 heavy (non-hydrogen) atoms. The second kappa shape index (κ2) is 8.70. The fraction of sp³-hybridized carbons (Fsp3) is 0.211. The Morgan fingerprint density at radius 2 is 1.81 bits per heavy atom. The molecule has 0 spiro atoms. The minimum atomic E-state index is -0.465. The number of esters is 2. The number of methoxy groups -OCH3 is 1. The standard InChI is InChI=1S/C19H17N3O5/c1-25-18(23)13-6-8-14(9-7-13)19(24)26-11-3-5-16-21-17(22-27-16)15-4-2-10-20-12-15/h2,4,6-10,12H,3,5,11H2,1H3. The summed E-state index contributed by atoms with van der Waals surface area (Å²) < 4.78 is 15.0. The molecule has 0 radical (unpaired) electrons. The van der Waals surface area contributed by atoms with Gasteiger partial charge >= 0.3 is 11.9 Å². The number of carbonyl (C=O) groups is 2. The van der Waals surface area contributed by atoms with E-state index in [0.717, 1.165) is 5.56 Å². The van der Waals surface area contributed by atoms with Crippen molar-refractivity contribution in [1.82, 2.24) is 15.1 Å². The van der Waals surface area contributed by atoms with Crippen LogP contribution >= 0.6 is 0 Å². The highest BCUT2D eigenvalue weighted by atomic mass is 16.5. The Bertz CT molecular complexity index is 907. The maximum Gasteiger partial charge on any atom is 0.338 e. The molecule has 138 valence electrons. The molecule has 8 heteroatoms. The van der Waals surface area contributed by atoms with Crippen LogP contribution in [0.4, 0.5) is 0 Å². The van der Waals surface area contributed by atoms with Gasteiger partial charge in [0.15, 0.2) is 0 Å². The van der Waals surface area contributed by atoms with E-state index in [4.69, 9.17) is 9.26 Å². The maximum absolute atomic E-state index is 12.0. The molecule has 0 fully saturated rings. The van der Waals surface area contributed by atoms with Crippen LogP contribution < -0.4 is 0 Å². The zero-order chi connectivity index (χ0) is 19.1. The fourth-order valence-electron chi connectivity index (χ4n) is 2.30. The smallest absolute Gasteiger partial charge is 0.338 e. The average Bonchev–Trinajstić information content (AvgIpc) is 3.20. The lowest BCUT2D eigenvalue weighted by Gasteiger charge is -2.04. The van der Waals surface area contributed by atoms with E-state index < -0.39 is 11.9 Å². The number of rotatable bonds is 7. The summed E-state index contributed by atoms with van der Waals surface area (Å²) in [6.07, 6.45) is 4.35. The maximum atomic E-state index is 12.0. The van der Waals surface area contributed by atoms with E-state index in [2.05, 4.69) is 19.9 Å². The predicted molar refractivity (Wildman–Crippen MR) is 93.9 cm³/mol. The van der Waals surface area contributed by atoms with Crippen molar-refractivity contribution in [3.05, 3.63) is 65.8 Å². The Labute approximate surface area is 155 Å². The second-order valence-corrected chi connectivity index (χ2v) is 5.56. The number of hydrogen-bond donors (Lipinski definition) is 0. The lowest BCUT2D eigenvalue weighted by molar-refractivity contribution is 0.0496. The van der Waals surface area contributed by atoms with E-state index in [1.54, 1.807) is 18.5 Å². The van der Waals surface area contributed by atoms with Gasteiger partial charge in [-0.1, -0.05) is 5.16 Å². The molecular weight excluding hydrogens is 350 g/mol. The Morgan fingerprint density at radius 3 is 2.48 bits per heavy atom. The summed E-state index contributed by atoms with van der Waals surface area (Å²) in [5, 5.41) is 3.91. The second-order valence-electron chi connectivity index (χ2n) is 5.56. The van der Waals surface area contributed by atoms with Crippen LogP contribution in [-0.4, -0.2) is 40.8 Å². The van der Waals surface area contributed by atoms with E-state index >= 15 is 0 Å². The van der Waals surface area contributed by atoms with E-state index in [0.29, 0.717) is 35.7 Å². The number of benzene rings is 1. The van der Waals surface area contributed by atoms with E-state index in [1.807, 2.05) is 6.07 Å². The largest absolute Gasteiger partial charge is 0.465 e. The van der Waals surface area contributed by atoms with Crippen molar-refractivity contribution < 1.29 is 23.6 Å². The number of pyridine rings is 1. The SMILES string of the molecule is COC(=O)c1ccc(C(=O)OCCCc2nc(-c3cccnc3)no2)cc1. The number of hydrogen-bond acceptors (Lipinski definition) is 8. The molecular formula is C19H17N3O5. The molecule has 0 saturated carbocycles. The Kier molecular flexibility index (Phi) is 5.88. The molecule has 1 aromatic carbocycles. The molecule has 3 rings (SSSR count). The first kappa shape index (κ1) is 18.2. The highest BCUT2D eigenvalue weighted by Gasteiger charge is 2.11. The Hall–Kier alpha value is -3.55. The zero-order valence-electron chi connectivity index (χ0n) is 14.6. The molecule has 0 N–H and O–H groups in total. The highest BCUT2D eigenvalue weighted by Crippen LogP contribution is 2.14. The molecule has 3 aromatic rings. The van der Waals surface area contributed by atoms with Crippen LogP contribution in [0.3, 0.4) is 0 Å². The van der Waals surface area contributed by atoms with Gasteiger partial charge in [0.1, 0.15) is 0 Å². The number of aryl methyl sites for hydroxylation is 1. The van der Waals surface area contributed by atoms with Crippen molar-refractivity contribution in [2.45, 2.75) is 12.8 Å². The Morgan fingerprint density at radius 1 is 1.07 bits per heavy atom. The van der Waals surface area contributed by atoms with Crippen LogP contribution in [-0.2, 0) is 15.9 Å². The number of ether oxygens (including phenoxy) is 2. The van der Waals surface area contributed by atoms with Crippen molar-refractivity contribution in [2.24, 2.45) is 0 Å². The minimum absolute atomic E-state index is 0.211. The highest BCUT2D eigenvalue weighted by molar-refractivity contribution is 5.93. The third kappa shape index (κ3) is 4.75. The van der Waals surface area contributed by atoms with Crippen LogP contribution in [0.25, 0.3) is 11.4 Å². The third-order valence-electron chi connectivity index (χ3n) is 3.70. The monoisotopic (exact) mass is 367 g/mol. The van der Waals surface area contributed by atoms with Crippen molar-refractivity contribution in [3.8, 4) is 11.4 Å². The lowest BCUT2D eigenvalue weighted by Crippen LogP contribution is -2.08. The quantitative estimate of drug-likeness (QED) is 0.464. The first-order valence-corrected chi connectivity index (χ1v) is 8.26. The third-order valence-corrected chi connectivity index (χ3v) is 3.70.